The first kappa shape index (κ1) is 64.5. The van der Waals surface area contributed by atoms with Crippen LogP contribution in [-0.2, 0) is 126 Å². The Morgan fingerprint density at radius 1 is 0.512 bits per heavy atom. The first-order valence-electron chi connectivity index (χ1n) is 30.8. The molecule has 0 amide bonds. The Hall–Kier alpha value is -4.52. The van der Waals surface area contributed by atoms with E-state index in [1.165, 1.54) is 111 Å². The minimum Gasteiger partial charge on any atom is -0.304 e. The average molecular weight is 1690 g/mol. The van der Waals surface area contributed by atoms with Gasteiger partial charge in [0, 0.05) is 91.7 Å². The third-order valence-electron chi connectivity index (χ3n) is 21.8. The van der Waals surface area contributed by atoms with Crippen LogP contribution in [0.15, 0.2) is 122 Å². The zero-order chi connectivity index (χ0) is 58.2. The van der Waals surface area contributed by atoms with Gasteiger partial charge in [-0.15, -0.1) is 93.5 Å². The van der Waals surface area contributed by atoms with Crippen molar-refractivity contribution in [2.75, 3.05) is 0 Å². The number of halogens is 4. The van der Waals surface area contributed by atoms with Crippen LogP contribution in [0, 0.1) is 41.4 Å². The van der Waals surface area contributed by atoms with E-state index in [2.05, 4.69) is 190 Å². The van der Waals surface area contributed by atoms with Crippen LogP contribution in [0.5, 0.6) is 0 Å². The number of allylic oxidation sites excluding steroid dienone is 4. The zero-order valence-electron chi connectivity index (χ0n) is 51.2. The van der Waals surface area contributed by atoms with Gasteiger partial charge in [0.15, 0.2) is 0 Å². The van der Waals surface area contributed by atoms with E-state index in [0.29, 0.717) is 34.4 Å². The zero-order valence-corrected chi connectivity index (χ0v) is 58.4. The van der Waals surface area contributed by atoms with Crippen LogP contribution in [0.1, 0.15) is 198 Å². The standard InChI is InChI=1S/C30H34N.C27H28N.C19H16F4N.3Ir/c1-28(2)19-14-18-15-26(31-17-21(18)25(28)16-19)20-10-9-13-24-27(20)30(5,6)23-12-8-7-11-22(23)29(24,3)4;1-26(2)21-13-7-8-14-22(21)27(3,4)25-20(12-9-15-23(25)26)24-16-18-10-5-6-11-19(18)17-28-24;20-18(21)8-9-19(22,23)16-11-13(5-6-15(16)18)17-14-4-2-1-3-12(14)7-10-24-17;;;/h7-9,11-13,15,17,19,22-23,25H,14,16H2,1-6H3;7-9,13-17H,5-6,10-11H2,1-4H3;6-7,10-11H,1-4,8-9H2;;;/q3*-1;;;. The summed E-state index contributed by atoms with van der Waals surface area (Å²) in [7, 11) is 0. The van der Waals surface area contributed by atoms with Crippen molar-refractivity contribution in [3.05, 3.63) is 218 Å². The molecular weight excluding hydrogens is 1610 g/mol. The molecule has 10 heteroatoms. The molecule has 0 N–H and O–H groups in total. The smallest absolute Gasteiger partial charge is 0.257 e. The number of rotatable bonds is 3. The Morgan fingerprint density at radius 3 is 1.76 bits per heavy atom. The molecule has 3 aromatic heterocycles. The van der Waals surface area contributed by atoms with E-state index in [4.69, 9.17) is 9.97 Å². The van der Waals surface area contributed by atoms with Gasteiger partial charge in [-0.3, -0.25) is 0 Å². The predicted octanol–water partition coefficient (Wildman–Crippen LogP) is 19.0. The van der Waals surface area contributed by atoms with E-state index >= 15 is 0 Å². The molecule has 0 spiro atoms. The van der Waals surface area contributed by atoms with Crippen LogP contribution in [0.4, 0.5) is 17.6 Å². The number of hydrogen-bond donors (Lipinski definition) is 0. The molecule has 4 unspecified atom stereocenters. The van der Waals surface area contributed by atoms with Crippen molar-refractivity contribution in [1.29, 1.82) is 0 Å². The van der Waals surface area contributed by atoms with Crippen molar-refractivity contribution in [2.24, 2.45) is 23.2 Å². The van der Waals surface area contributed by atoms with Crippen LogP contribution in [-0.4, -0.2) is 15.0 Å². The normalized spacial score (nSPS) is 23.7. The maximum absolute atomic E-state index is 14.2. The fourth-order valence-corrected chi connectivity index (χ4v) is 16.7. The van der Waals surface area contributed by atoms with Gasteiger partial charge in [-0.1, -0.05) is 158 Å². The molecule has 1 fully saturated rings. The number of alkyl halides is 4. The van der Waals surface area contributed by atoms with Gasteiger partial charge in [0.05, 0.1) is 0 Å². The van der Waals surface area contributed by atoms with Crippen LogP contribution in [0.25, 0.3) is 33.8 Å². The summed E-state index contributed by atoms with van der Waals surface area (Å²) in [6.07, 6.45) is 25.0. The van der Waals surface area contributed by atoms with E-state index < -0.39 is 35.8 Å². The number of aromatic nitrogens is 3. The van der Waals surface area contributed by atoms with Crippen molar-refractivity contribution in [2.45, 2.75) is 186 Å². The summed E-state index contributed by atoms with van der Waals surface area (Å²) in [5.41, 5.74) is 21.6. The third-order valence-corrected chi connectivity index (χ3v) is 21.8. The minimum absolute atomic E-state index is 0. The summed E-state index contributed by atoms with van der Waals surface area (Å²) in [5, 5.41) is 0. The molecule has 3 radical (unpaired) electrons. The summed E-state index contributed by atoms with van der Waals surface area (Å²) in [5.74, 6) is -3.96. The molecule has 455 valence electrons. The molecule has 9 aliphatic carbocycles. The van der Waals surface area contributed by atoms with Gasteiger partial charge < -0.3 is 15.0 Å². The van der Waals surface area contributed by atoms with Crippen molar-refractivity contribution < 1.29 is 77.9 Å². The van der Waals surface area contributed by atoms with E-state index in [9.17, 15) is 17.6 Å². The van der Waals surface area contributed by atoms with Crippen LogP contribution < -0.4 is 0 Å². The second kappa shape index (κ2) is 23.4. The molecule has 4 aromatic carbocycles. The molecular formula is C76H78F4Ir3N3-3. The molecule has 86 heavy (non-hydrogen) atoms. The van der Waals surface area contributed by atoms with E-state index in [0.717, 1.165) is 60.2 Å². The average Bonchev–Trinajstić information content (AvgIpc) is 0.752. The maximum Gasteiger partial charge on any atom is 0.257 e. The second-order valence-corrected chi connectivity index (χ2v) is 28.3. The Balaban J connectivity index is 0.000000142. The molecule has 7 aromatic rings. The topological polar surface area (TPSA) is 38.7 Å². The van der Waals surface area contributed by atoms with Crippen molar-refractivity contribution >= 4 is 0 Å². The molecule has 16 rings (SSSR count). The molecule has 0 aliphatic heterocycles. The summed E-state index contributed by atoms with van der Waals surface area (Å²) in [4.78, 5) is 14.3. The van der Waals surface area contributed by atoms with Gasteiger partial charge in [-0.2, -0.15) is 0 Å². The maximum atomic E-state index is 14.2. The van der Waals surface area contributed by atoms with Gasteiger partial charge in [-0.25, -0.2) is 17.6 Å². The Kier molecular flexibility index (Phi) is 17.5. The summed E-state index contributed by atoms with van der Waals surface area (Å²) in [6, 6.07) is 36.7. The molecule has 9 aliphatic rings. The van der Waals surface area contributed by atoms with E-state index in [1.54, 1.807) is 6.20 Å². The number of nitrogens with zero attached hydrogens (tertiary/aromatic N) is 3. The first-order valence-corrected chi connectivity index (χ1v) is 30.8. The van der Waals surface area contributed by atoms with Gasteiger partial charge in [-0.05, 0) is 166 Å². The van der Waals surface area contributed by atoms with E-state index in [-0.39, 0.29) is 82.0 Å². The number of fused-ring (bicyclic) bond motifs is 7. The number of pyridine rings is 3. The molecule has 3 nitrogen and oxygen atoms in total. The van der Waals surface area contributed by atoms with Gasteiger partial charge in [0.1, 0.15) is 0 Å². The first-order chi connectivity index (χ1) is 39.4. The van der Waals surface area contributed by atoms with Crippen molar-refractivity contribution in [3.8, 4) is 33.8 Å². The fraction of sp³-hybridized carbons (Fsp3) is 0.434. The Bertz CT molecular complexity index is 3810. The minimum atomic E-state index is -3.24. The van der Waals surface area contributed by atoms with Crippen LogP contribution >= 0.6 is 0 Å². The molecule has 1 saturated carbocycles. The molecule has 4 atom stereocenters. The van der Waals surface area contributed by atoms with Crippen LogP contribution in [0.3, 0.4) is 0 Å². The van der Waals surface area contributed by atoms with Crippen molar-refractivity contribution in [3.63, 3.8) is 0 Å². The van der Waals surface area contributed by atoms with Crippen LogP contribution in [0.2, 0.25) is 0 Å². The summed E-state index contributed by atoms with van der Waals surface area (Å²) in [6.45, 7) is 24.0. The largest absolute Gasteiger partial charge is 0.304 e. The number of hydrogen-bond acceptors (Lipinski definition) is 3. The third kappa shape index (κ3) is 10.5. The molecule has 3 heterocycles. The summed E-state index contributed by atoms with van der Waals surface area (Å²) < 4.78 is 56.4. The fourth-order valence-electron chi connectivity index (χ4n) is 16.7. The van der Waals surface area contributed by atoms with Gasteiger partial charge in [0.25, 0.3) is 5.92 Å². The van der Waals surface area contributed by atoms with Gasteiger partial charge >= 0.3 is 0 Å². The summed E-state index contributed by atoms with van der Waals surface area (Å²) >= 11 is 0. The van der Waals surface area contributed by atoms with Crippen molar-refractivity contribution in [1.82, 2.24) is 15.0 Å². The Labute approximate surface area is 549 Å². The molecule has 2 bridgehead atoms. The Morgan fingerprint density at radius 2 is 1.08 bits per heavy atom. The second-order valence-electron chi connectivity index (χ2n) is 28.3. The van der Waals surface area contributed by atoms with E-state index in [1.807, 2.05) is 6.07 Å². The number of benzene rings is 4. The predicted molar refractivity (Wildman–Crippen MR) is 326 cm³/mol. The quantitative estimate of drug-likeness (QED) is 0.131. The monoisotopic (exact) mass is 1690 g/mol. The number of aryl methyl sites for hydroxylation is 3. The molecule has 0 saturated heterocycles. The SMILES string of the molecule is CC1(C)c2cc[c-]c(-c3cc4c(cn3)C3CC(C4)C3(C)C)c2C(C)(C)C2C=CC=CC21.CC1(C)c2ccccc2C(C)(C)c2c(-c3cc4c(cn3)CCCC4)[c-]ccc21.FC1(F)CCC(F)(F)c2cc(-c3nccc4c3CCCC4)[c-]cc21.[Ir].[Ir].[Ir]. The van der Waals surface area contributed by atoms with Gasteiger partial charge in [0.2, 0.25) is 5.92 Å².